The first kappa shape index (κ1) is 12.4. The average molecular weight is 258 g/mol. The maximum absolute atomic E-state index is 8.83. The summed E-state index contributed by atoms with van der Waals surface area (Å²) >= 11 is 6.12. The van der Waals surface area contributed by atoms with Crippen molar-refractivity contribution in [2.75, 3.05) is 11.9 Å². The Morgan fingerprint density at radius 1 is 1.33 bits per heavy atom. The highest BCUT2D eigenvalue weighted by molar-refractivity contribution is 6.31. The van der Waals surface area contributed by atoms with E-state index in [1.807, 2.05) is 48.3 Å². The van der Waals surface area contributed by atoms with Crippen LogP contribution in [-0.4, -0.2) is 12.0 Å². The van der Waals surface area contributed by atoms with Crippen LogP contribution in [0.3, 0.4) is 0 Å². The number of aromatic nitrogens is 1. The molecule has 0 aliphatic carbocycles. The molecule has 0 spiro atoms. The van der Waals surface area contributed by atoms with E-state index < -0.39 is 0 Å². The van der Waals surface area contributed by atoms with Gasteiger partial charge in [-0.25, -0.2) is 4.98 Å². The number of hydrogen-bond acceptors (Lipinski definition) is 3. The van der Waals surface area contributed by atoms with Gasteiger partial charge in [0.05, 0.1) is 0 Å². The fraction of sp³-hybridized carbons (Fsp3) is 0.143. The van der Waals surface area contributed by atoms with E-state index in [1.165, 1.54) is 0 Å². The molecule has 0 aliphatic rings. The third kappa shape index (κ3) is 2.79. The standard InChI is InChI=1S/C14H12ClN3/c1-18(10-11-4-2-3-5-14(11)15)13-6-7-17-12(8-13)9-16/h2-8H,10H2,1H3. The predicted octanol–water partition coefficient (Wildman–Crippen LogP) is 3.24. The van der Waals surface area contributed by atoms with Crippen LogP contribution in [0.15, 0.2) is 42.6 Å². The van der Waals surface area contributed by atoms with Crippen LogP contribution in [0.5, 0.6) is 0 Å². The van der Waals surface area contributed by atoms with Crippen LogP contribution in [-0.2, 0) is 6.54 Å². The van der Waals surface area contributed by atoms with Crippen LogP contribution in [0.2, 0.25) is 5.02 Å². The van der Waals surface area contributed by atoms with E-state index in [9.17, 15) is 0 Å². The lowest BCUT2D eigenvalue weighted by Gasteiger charge is -2.19. The van der Waals surface area contributed by atoms with Gasteiger partial charge in [0.1, 0.15) is 11.8 Å². The predicted molar refractivity (Wildman–Crippen MR) is 72.5 cm³/mol. The van der Waals surface area contributed by atoms with Crippen molar-refractivity contribution in [3.63, 3.8) is 0 Å². The molecule has 0 amide bonds. The molecule has 0 radical (unpaired) electrons. The molecule has 18 heavy (non-hydrogen) atoms. The van der Waals surface area contributed by atoms with E-state index in [4.69, 9.17) is 16.9 Å². The van der Waals surface area contributed by atoms with Crippen molar-refractivity contribution in [3.8, 4) is 6.07 Å². The summed E-state index contributed by atoms with van der Waals surface area (Å²) in [5, 5.41) is 9.57. The fourth-order valence-electron chi connectivity index (χ4n) is 1.69. The normalized spacial score (nSPS) is 9.83. The van der Waals surface area contributed by atoms with Crippen LogP contribution in [0.1, 0.15) is 11.3 Å². The minimum absolute atomic E-state index is 0.415. The van der Waals surface area contributed by atoms with Crippen LogP contribution >= 0.6 is 11.6 Å². The van der Waals surface area contributed by atoms with Gasteiger partial charge in [0.2, 0.25) is 0 Å². The van der Waals surface area contributed by atoms with Gasteiger partial charge in [0.25, 0.3) is 0 Å². The minimum Gasteiger partial charge on any atom is -0.370 e. The molecular weight excluding hydrogens is 246 g/mol. The Bertz CT molecular complexity index is 590. The molecular formula is C14H12ClN3. The lowest BCUT2D eigenvalue weighted by atomic mass is 10.2. The van der Waals surface area contributed by atoms with Crippen LogP contribution in [0.4, 0.5) is 5.69 Å². The van der Waals surface area contributed by atoms with Crippen molar-refractivity contribution in [2.45, 2.75) is 6.54 Å². The SMILES string of the molecule is CN(Cc1ccccc1Cl)c1ccnc(C#N)c1. The molecule has 1 heterocycles. The summed E-state index contributed by atoms with van der Waals surface area (Å²) in [7, 11) is 1.96. The van der Waals surface area contributed by atoms with Crippen LogP contribution in [0, 0.1) is 11.3 Å². The molecule has 1 aromatic carbocycles. The van der Waals surface area contributed by atoms with Crippen LogP contribution in [0.25, 0.3) is 0 Å². The van der Waals surface area contributed by atoms with E-state index in [0.717, 1.165) is 16.3 Å². The van der Waals surface area contributed by atoms with Crippen LogP contribution < -0.4 is 4.90 Å². The summed E-state index contributed by atoms with van der Waals surface area (Å²) < 4.78 is 0. The second kappa shape index (κ2) is 5.52. The van der Waals surface area contributed by atoms with Gasteiger partial charge in [0.15, 0.2) is 0 Å². The zero-order valence-electron chi connectivity index (χ0n) is 9.97. The Morgan fingerprint density at radius 3 is 2.83 bits per heavy atom. The number of benzene rings is 1. The molecule has 2 aromatic rings. The molecule has 0 saturated heterocycles. The van der Waals surface area contributed by atoms with Gasteiger partial charge in [-0.05, 0) is 23.8 Å². The first-order chi connectivity index (χ1) is 8.70. The number of nitrogens with zero attached hydrogens (tertiary/aromatic N) is 3. The van der Waals surface area contributed by atoms with Crippen molar-refractivity contribution >= 4 is 17.3 Å². The summed E-state index contributed by atoms with van der Waals surface area (Å²) in [5.74, 6) is 0. The number of halogens is 1. The van der Waals surface area contributed by atoms with E-state index >= 15 is 0 Å². The van der Waals surface area contributed by atoms with Gasteiger partial charge in [-0.15, -0.1) is 0 Å². The van der Waals surface area contributed by atoms with Gasteiger partial charge < -0.3 is 4.90 Å². The third-order valence-corrected chi connectivity index (χ3v) is 3.03. The molecule has 0 bridgehead atoms. The summed E-state index contributed by atoms with van der Waals surface area (Å²) in [6.07, 6.45) is 1.64. The monoisotopic (exact) mass is 257 g/mol. The zero-order valence-corrected chi connectivity index (χ0v) is 10.7. The van der Waals surface area contributed by atoms with E-state index in [2.05, 4.69) is 4.98 Å². The highest BCUT2D eigenvalue weighted by Crippen LogP contribution is 2.20. The van der Waals surface area contributed by atoms with Crippen molar-refractivity contribution in [1.82, 2.24) is 4.98 Å². The minimum atomic E-state index is 0.415. The van der Waals surface area contributed by atoms with Crippen molar-refractivity contribution < 1.29 is 0 Å². The lowest BCUT2D eigenvalue weighted by Crippen LogP contribution is -2.16. The van der Waals surface area contributed by atoms with Crippen molar-refractivity contribution in [2.24, 2.45) is 0 Å². The second-order valence-corrected chi connectivity index (χ2v) is 4.37. The Balaban J connectivity index is 2.20. The molecule has 2 rings (SSSR count). The van der Waals surface area contributed by atoms with Gasteiger partial charge in [-0.2, -0.15) is 5.26 Å². The van der Waals surface area contributed by atoms with Crippen molar-refractivity contribution in [3.05, 3.63) is 58.9 Å². The summed E-state index contributed by atoms with van der Waals surface area (Å²) in [6.45, 7) is 0.689. The first-order valence-corrected chi connectivity index (χ1v) is 5.89. The van der Waals surface area contributed by atoms with Gasteiger partial charge in [-0.1, -0.05) is 29.8 Å². The average Bonchev–Trinajstić information content (AvgIpc) is 2.41. The molecule has 90 valence electrons. The molecule has 1 aromatic heterocycles. The van der Waals surface area contributed by atoms with E-state index in [0.29, 0.717) is 12.2 Å². The molecule has 0 fully saturated rings. The topological polar surface area (TPSA) is 39.9 Å². The number of nitriles is 1. The summed E-state index contributed by atoms with van der Waals surface area (Å²) in [5.41, 5.74) is 2.41. The molecule has 0 atom stereocenters. The van der Waals surface area contributed by atoms with E-state index in [-0.39, 0.29) is 0 Å². The Labute approximate surface area is 111 Å². The molecule has 0 N–H and O–H groups in total. The van der Waals surface area contributed by atoms with Gasteiger partial charge >= 0.3 is 0 Å². The maximum Gasteiger partial charge on any atom is 0.142 e. The molecule has 3 nitrogen and oxygen atoms in total. The number of pyridine rings is 1. The number of hydrogen-bond donors (Lipinski definition) is 0. The zero-order chi connectivity index (χ0) is 13.0. The summed E-state index contributed by atoms with van der Waals surface area (Å²) in [6, 6.07) is 13.4. The molecule has 0 saturated carbocycles. The second-order valence-electron chi connectivity index (χ2n) is 3.96. The van der Waals surface area contributed by atoms with E-state index in [1.54, 1.807) is 12.3 Å². The fourth-order valence-corrected chi connectivity index (χ4v) is 1.89. The quantitative estimate of drug-likeness (QED) is 0.847. The van der Waals surface area contributed by atoms with Crippen molar-refractivity contribution in [1.29, 1.82) is 5.26 Å². The lowest BCUT2D eigenvalue weighted by molar-refractivity contribution is 0.920. The first-order valence-electron chi connectivity index (χ1n) is 5.51. The smallest absolute Gasteiger partial charge is 0.142 e. The third-order valence-electron chi connectivity index (χ3n) is 2.66. The molecule has 4 heteroatoms. The Morgan fingerprint density at radius 2 is 2.11 bits per heavy atom. The Hall–Kier alpha value is -2.05. The van der Waals surface area contributed by atoms with Gasteiger partial charge in [-0.3, -0.25) is 0 Å². The number of anilines is 1. The molecule has 0 aliphatic heterocycles. The van der Waals surface area contributed by atoms with Gasteiger partial charge in [0, 0.05) is 30.5 Å². The largest absolute Gasteiger partial charge is 0.370 e. The number of rotatable bonds is 3. The summed E-state index contributed by atoms with van der Waals surface area (Å²) in [4.78, 5) is 5.98. The maximum atomic E-state index is 8.83. The highest BCUT2D eigenvalue weighted by Gasteiger charge is 2.06. The molecule has 0 unspecified atom stereocenters. The highest BCUT2D eigenvalue weighted by atomic mass is 35.5. The Kier molecular flexibility index (Phi) is 3.81.